The highest BCUT2D eigenvalue weighted by atomic mass is 16.7. The highest BCUT2D eigenvalue weighted by molar-refractivity contribution is 5.65. The molecule has 126 valence electrons. The SMILES string of the molecule is CC(=O)OC[C@H]1CCC[C@H](OC/C=C(\C)CCC=C(C)C)O1. The Bertz CT molecular complexity index is 394. The Kier molecular flexibility index (Phi) is 9.09. The molecule has 0 saturated carbocycles. The number of rotatable bonds is 8. The van der Waals surface area contributed by atoms with Crippen molar-refractivity contribution in [3.8, 4) is 0 Å². The molecule has 0 bridgehead atoms. The molecule has 1 heterocycles. The average Bonchev–Trinajstić information content (AvgIpc) is 2.45. The van der Waals surface area contributed by atoms with Crippen LogP contribution in [0.3, 0.4) is 0 Å². The van der Waals surface area contributed by atoms with Gasteiger partial charge in [0.2, 0.25) is 0 Å². The summed E-state index contributed by atoms with van der Waals surface area (Å²) in [5.74, 6) is -0.262. The quantitative estimate of drug-likeness (QED) is 0.499. The van der Waals surface area contributed by atoms with Crippen molar-refractivity contribution >= 4 is 5.97 Å². The third-order valence-corrected chi connectivity index (χ3v) is 3.59. The first kappa shape index (κ1) is 18.9. The normalized spacial score (nSPS) is 22.3. The van der Waals surface area contributed by atoms with Crippen LogP contribution in [-0.2, 0) is 19.0 Å². The fraction of sp³-hybridized carbons (Fsp3) is 0.722. The number of allylic oxidation sites excluding steroid dienone is 3. The van der Waals surface area contributed by atoms with E-state index >= 15 is 0 Å². The molecule has 1 rings (SSSR count). The number of carbonyl (C=O) groups is 1. The second-order valence-corrected chi connectivity index (χ2v) is 6.13. The minimum absolute atomic E-state index is 0.0367. The molecule has 0 amide bonds. The van der Waals surface area contributed by atoms with Gasteiger partial charge in [0.1, 0.15) is 6.61 Å². The fourth-order valence-corrected chi connectivity index (χ4v) is 2.31. The summed E-state index contributed by atoms with van der Waals surface area (Å²) in [5.41, 5.74) is 2.70. The molecule has 0 aromatic carbocycles. The molecule has 0 N–H and O–H groups in total. The van der Waals surface area contributed by atoms with Crippen molar-refractivity contribution in [2.75, 3.05) is 13.2 Å². The Morgan fingerprint density at radius 1 is 1.18 bits per heavy atom. The maximum Gasteiger partial charge on any atom is 0.302 e. The van der Waals surface area contributed by atoms with Gasteiger partial charge in [-0.05, 0) is 52.9 Å². The van der Waals surface area contributed by atoms with Crippen LogP contribution < -0.4 is 0 Å². The molecule has 0 radical (unpaired) electrons. The summed E-state index contributed by atoms with van der Waals surface area (Å²) in [6, 6.07) is 0. The van der Waals surface area contributed by atoms with Crippen molar-refractivity contribution in [3.63, 3.8) is 0 Å². The van der Waals surface area contributed by atoms with Crippen LogP contribution in [0.15, 0.2) is 23.3 Å². The van der Waals surface area contributed by atoms with Crippen LogP contribution in [0.5, 0.6) is 0 Å². The van der Waals surface area contributed by atoms with E-state index in [2.05, 4.69) is 32.9 Å². The van der Waals surface area contributed by atoms with Gasteiger partial charge in [-0.2, -0.15) is 0 Å². The maximum absolute atomic E-state index is 10.8. The first-order chi connectivity index (χ1) is 10.5. The Morgan fingerprint density at radius 3 is 2.64 bits per heavy atom. The van der Waals surface area contributed by atoms with Crippen LogP contribution in [-0.4, -0.2) is 31.6 Å². The van der Waals surface area contributed by atoms with Crippen molar-refractivity contribution in [1.29, 1.82) is 0 Å². The highest BCUT2D eigenvalue weighted by Crippen LogP contribution is 2.20. The molecule has 22 heavy (non-hydrogen) atoms. The summed E-state index contributed by atoms with van der Waals surface area (Å²) in [6.45, 7) is 8.69. The molecule has 0 aromatic heterocycles. The van der Waals surface area contributed by atoms with Gasteiger partial charge in [-0.25, -0.2) is 0 Å². The predicted molar refractivity (Wildman–Crippen MR) is 87.5 cm³/mol. The number of carbonyl (C=O) groups excluding carboxylic acids is 1. The minimum atomic E-state index is -0.262. The van der Waals surface area contributed by atoms with Crippen LogP contribution in [0.1, 0.15) is 59.8 Å². The standard InChI is InChI=1S/C18H30O4/c1-14(2)7-5-8-15(3)11-12-20-18-10-6-9-17(22-18)13-21-16(4)19/h7,11,17-18H,5-6,8-10,12-13H2,1-4H3/b15-11+/t17-,18-/m1/s1. The van der Waals surface area contributed by atoms with E-state index in [9.17, 15) is 4.79 Å². The van der Waals surface area contributed by atoms with Crippen LogP contribution in [0.4, 0.5) is 0 Å². The van der Waals surface area contributed by atoms with Crippen LogP contribution in [0, 0.1) is 0 Å². The van der Waals surface area contributed by atoms with E-state index in [1.165, 1.54) is 18.1 Å². The van der Waals surface area contributed by atoms with Crippen molar-refractivity contribution in [3.05, 3.63) is 23.3 Å². The smallest absolute Gasteiger partial charge is 0.302 e. The van der Waals surface area contributed by atoms with E-state index in [-0.39, 0.29) is 18.4 Å². The highest BCUT2D eigenvalue weighted by Gasteiger charge is 2.23. The van der Waals surface area contributed by atoms with Gasteiger partial charge in [0, 0.05) is 6.92 Å². The van der Waals surface area contributed by atoms with Gasteiger partial charge < -0.3 is 14.2 Å². The molecule has 1 fully saturated rings. The Hall–Kier alpha value is -1.13. The molecule has 0 spiro atoms. The third kappa shape index (κ3) is 9.00. The van der Waals surface area contributed by atoms with Gasteiger partial charge in [-0.15, -0.1) is 0 Å². The number of hydrogen-bond donors (Lipinski definition) is 0. The van der Waals surface area contributed by atoms with Gasteiger partial charge in [-0.1, -0.05) is 23.3 Å². The lowest BCUT2D eigenvalue weighted by Gasteiger charge is -2.29. The monoisotopic (exact) mass is 310 g/mol. The molecular weight excluding hydrogens is 280 g/mol. The topological polar surface area (TPSA) is 44.8 Å². The van der Waals surface area contributed by atoms with Crippen molar-refractivity contribution in [2.24, 2.45) is 0 Å². The van der Waals surface area contributed by atoms with Crippen LogP contribution in [0.25, 0.3) is 0 Å². The molecule has 2 atom stereocenters. The molecule has 1 aliphatic rings. The lowest BCUT2D eigenvalue weighted by atomic mass is 10.1. The first-order valence-electron chi connectivity index (χ1n) is 8.16. The third-order valence-electron chi connectivity index (χ3n) is 3.59. The molecule has 1 aliphatic heterocycles. The molecule has 1 saturated heterocycles. The fourth-order valence-electron chi connectivity index (χ4n) is 2.31. The zero-order valence-corrected chi connectivity index (χ0v) is 14.4. The van der Waals surface area contributed by atoms with E-state index < -0.39 is 0 Å². The van der Waals surface area contributed by atoms with Gasteiger partial charge >= 0.3 is 5.97 Å². The number of ether oxygens (including phenoxy) is 3. The van der Waals surface area contributed by atoms with Crippen molar-refractivity contribution in [1.82, 2.24) is 0 Å². The van der Waals surface area contributed by atoms with Gasteiger partial charge in [0.15, 0.2) is 6.29 Å². The van der Waals surface area contributed by atoms with Gasteiger partial charge in [-0.3, -0.25) is 4.79 Å². The number of hydrogen-bond acceptors (Lipinski definition) is 4. The largest absolute Gasteiger partial charge is 0.463 e. The second-order valence-electron chi connectivity index (χ2n) is 6.13. The summed E-state index contributed by atoms with van der Waals surface area (Å²) < 4.78 is 16.6. The van der Waals surface area contributed by atoms with E-state index in [1.807, 2.05) is 0 Å². The van der Waals surface area contributed by atoms with E-state index in [0.29, 0.717) is 13.2 Å². The van der Waals surface area contributed by atoms with E-state index in [0.717, 1.165) is 32.1 Å². The molecular formula is C18H30O4. The summed E-state index contributed by atoms with van der Waals surface area (Å²) >= 11 is 0. The van der Waals surface area contributed by atoms with Crippen LogP contribution in [0.2, 0.25) is 0 Å². The zero-order valence-electron chi connectivity index (χ0n) is 14.4. The summed E-state index contributed by atoms with van der Waals surface area (Å²) in [7, 11) is 0. The van der Waals surface area contributed by atoms with Crippen molar-refractivity contribution in [2.45, 2.75) is 72.2 Å². The Morgan fingerprint density at radius 2 is 1.95 bits per heavy atom. The average molecular weight is 310 g/mol. The van der Waals surface area contributed by atoms with Gasteiger partial charge in [0.25, 0.3) is 0 Å². The van der Waals surface area contributed by atoms with Crippen LogP contribution >= 0.6 is 0 Å². The summed E-state index contributed by atoms with van der Waals surface area (Å²) in [4.78, 5) is 10.8. The summed E-state index contributed by atoms with van der Waals surface area (Å²) in [6.07, 6.45) is 9.16. The second kappa shape index (κ2) is 10.6. The first-order valence-corrected chi connectivity index (χ1v) is 8.16. The van der Waals surface area contributed by atoms with E-state index in [1.54, 1.807) is 0 Å². The summed E-state index contributed by atoms with van der Waals surface area (Å²) in [5, 5.41) is 0. The maximum atomic E-state index is 10.8. The van der Waals surface area contributed by atoms with E-state index in [4.69, 9.17) is 14.2 Å². The molecule has 4 heteroatoms. The number of esters is 1. The van der Waals surface area contributed by atoms with Gasteiger partial charge in [0.05, 0.1) is 12.7 Å². The molecule has 0 aliphatic carbocycles. The zero-order chi connectivity index (χ0) is 16.4. The van der Waals surface area contributed by atoms with Crippen molar-refractivity contribution < 1.29 is 19.0 Å². The molecule has 0 unspecified atom stereocenters. The Labute approximate surface area is 134 Å². The lowest BCUT2D eigenvalue weighted by Crippen LogP contribution is -2.33. The predicted octanol–water partition coefficient (Wildman–Crippen LogP) is 4.15. The Balaban J connectivity index is 2.23. The lowest BCUT2D eigenvalue weighted by molar-refractivity contribution is -0.201. The molecule has 0 aromatic rings. The minimum Gasteiger partial charge on any atom is -0.463 e. The molecule has 4 nitrogen and oxygen atoms in total.